The Morgan fingerprint density at radius 3 is 2.50 bits per heavy atom. The van der Waals surface area contributed by atoms with Crippen molar-refractivity contribution in [3.8, 4) is 0 Å². The van der Waals surface area contributed by atoms with Crippen LogP contribution in [0, 0.1) is 46.3 Å². The van der Waals surface area contributed by atoms with Gasteiger partial charge in [0.1, 0.15) is 6.10 Å². The van der Waals surface area contributed by atoms with E-state index in [2.05, 4.69) is 74.7 Å². The first-order chi connectivity index (χ1) is 17.3. The molecule has 0 bridgehead atoms. The molecule has 0 aromatic heterocycles. The van der Waals surface area contributed by atoms with E-state index in [1.165, 1.54) is 93.0 Å². The van der Waals surface area contributed by atoms with Crippen LogP contribution in [0.1, 0.15) is 91.9 Å². The molecule has 1 nitrogen and oxygen atoms in total. The van der Waals surface area contributed by atoms with E-state index < -0.39 is 0 Å². The van der Waals surface area contributed by atoms with Crippen molar-refractivity contribution in [3.63, 3.8) is 0 Å². The van der Waals surface area contributed by atoms with E-state index in [0.29, 0.717) is 26.9 Å². The summed E-state index contributed by atoms with van der Waals surface area (Å²) in [5.41, 5.74) is 2.82. The average Bonchev–Trinajstić information content (AvgIpc) is 3.65. The standard InChI is InChI=1S/C31H48OS4/c1-19(28-33-13-14-34-28)5-8-25-20(2)27-26(32-25)17-24-22-7-6-21-18-31(35-15-16-36-31)12-11-29(21,3)23(22)9-10-30(24,27)4/h19-25,28H,5-18H2,1-4H3. The van der Waals surface area contributed by atoms with Gasteiger partial charge in [-0.25, -0.2) is 0 Å². The van der Waals surface area contributed by atoms with Crippen LogP contribution in [0.25, 0.3) is 0 Å². The van der Waals surface area contributed by atoms with Gasteiger partial charge in [0.2, 0.25) is 0 Å². The number of rotatable bonds is 4. The van der Waals surface area contributed by atoms with E-state index in [-0.39, 0.29) is 0 Å². The topological polar surface area (TPSA) is 9.23 Å². The van der Waals surface area contributed by atoms with Gasteiger partial charge in [-0.1, -0.05) is 27.7 Å². The van der Waals surface area contributed by atoms with Crippen molar-refractivity contribution in [2.45, 2.75) is 107 Å². The molecule has 7 aliphatic rings. The van der Waals surface area contributed by atoms with E-state index in [9.17, 15) is 0 Å². The summed E-state index contributed by atoms with van der Waals surface area (Å²) in [5, 5.41) is 0. The molecule has 9 unspecified atom stereocenters. The third-order valence-electron chi connectivity index (χ3n) is 12.5. The highest BCUT2D eigenvalue weighted by molar-refractivity contribution is 8.21. The predicted molar refractivity (Wildman–Crippen MR) is 163 cm³/mol. The van der Waals surface area contributed by atoms with Crippen LogP contribution < -0.4 is 0 Å². The second kappa shape index (κ2) is 9.51. The minimum absolute atomic E-state index is 0.420. The fourth-order valence-corrected chi connectivity index (χ4v) is 17.0. The van der Waals surface area contributed by atoms with Crippen molar-refractivity contribution in [3.05, 3.63) is 11.3 Å². The van der Waals surface area contributed by atoms with E-state index >= 15 is 0 Å². The van der Waals surface area contributed by atoms with Crippen LogP contribution in [0.3, 0.4) is 0 Å². The molecule has 0 radical (unpaired) electrons. The van der Waals surface area contributed by atoms with Gasteiger partial charge in [-0.3, -0.25) is 0 Å². The molecule has 0 N–H and O–H groups in total. The molecular formula is C31H48OS4. The predicted octanol–water partition coefficient (Wildman–Crippen LogP) is 9.33. The molecule has 0 aromatic carbocycles. The maximum atomic E-state index is 6.90. The van der Waals surface area contributed by atoms with Crippen molar-refractivity contribution < 1.29 is 4.74 Å². The van der Waals surface area contributed by atoms with Gasteiger partial charge < -0.3 is 4.74 Å². The van der Waals surface area contributed by atoms with Crippen LogP contribution >= 0.6 is 47.0 Å². The van der Waals surface area contributed by atoms with Crippen LogP contribution in [0.4, 0.5) is 0 Å². The Morgan fingerprint density at radius 1 is 0.944 bits per heavy atom. The van der Waals surface area contributed by atoms with Crippen LogP contribution in [0.5, 0.6) is 0 Å². The highest BCUT2D eigenvalue weighted by atomic mass is 32.2. The normalized spacial score (nSPS) is 48.4. The molecule has 36 heavy (non-hydrogen) atoms. The number of fused-ring (bicyclic) bond motifs is 6. The zero-order chi connectivity index (χ0) is 24.7. The lowest BCUT2D eigenvalue weighted by molar-refractivity contribution is -0.104. The molecule has 7 rings (SSSR count). The van der Waals surface area contributed by atoms with Crippen LogP contribution in [-0.2, 0) is 4.74 Å². The Bertz CT molecular complexity index is 891. The molecule has 5 fully saturated rings. The summed E-state index contributed by atoms with van der Waals surface area (Å²) in [7, 11) is 0. The Hall–Kier alpha value is 0.940. The van der Waals surface area contributed by atoms with Gasteiger partial charge in [0.15, 0.2) is 0 Å². The van der Waals surface area contributed by atoms with E-state index in [0.717, 1.165) is 34.2 Å². The first-order valence-corrected chi connectivity index (χ1v) is 19.3. The summed E-state index contributed by atoms with van der Waals surface area (Å²) in [5.74, 6) is 12.2. The van der Waals surface area contributed by atoms with Gasteiger partial charge in [0.25, 0.3) is 0 Å². The van der Waals surface area contributed by atoms with Gasteiger partial charge in [-0.15, -0.1) is 47.0 Å². The van der Waals surface area contributed by atoms with Crippen molar-refractivity contribution >= 4 is 47.0 Å². The molecular weight excluding hydrogens is 517 g/mol. The molecule has 0 amide bonds. The summed E-state index contributed by atoms with van der Waals surface area (Å²) in [6.45, 7) is 10.5. The second-order valence-electron chi connectivity index (χ2n) is 14.1. The lowest BCUT2D eigenvalue weighted by Gasteiger charge is -2.62. The molecule has 5 heteroatoms. The maximum Gasteiger partial charge on any atom is 0.105 e. The van der Waals surface area contributed by atoms with Gasteiger partial charge in [0, 0.05) is 35.4 Å². The van der Waals surface area contributed by atoms with Gasteiger partial charge in [-0.2, -0.15) is 0 Å². The number of thioether (sulfide) groups is 4. The molecule has 3 aliphatic heterocycles. The zero-order valence-corrected chi connectivity index (χ0v) is 26.3. The van der Waals surface area contributed by atoms with Crippen LogP contribution in [0.2, 0.25) is 0 Å². The minimum Gasteiger partial charge on any atom is -0.494 e. The van der Waals surface area contributed by atoms with Gasteiger partial charge >= 0.3 is 0 Å². The smallest absolute Gasteiger partial charge is 0.105 e. The quantitative estimate of drug-likeness (QED) is 0.335. The largest absolute Gasteiger partial charge is 0.494 e. The number of hydrogen-bond acceptors (Lipinski definition) is 5. The number of ether oxygens (including phenoxy) is 1. The highest BCUT2D eigenvalue weighted by Crippen LogP contribution is 2.71. The monoisotopic (exact) mass is 564 g/mol. The van der Waals surface area contributed by atoms with Crippen LogP contribution in [-0.4, -0.2) is 37.8 Å². The molecule has 3 saturated carbocycles. The molecule has 0 aromatic rings. The summed E-state index contributed by atoms with van der Waals surface area (Å²) in [6.07, 6.45) is 14.7. The molecule has 202 valence electrons. The average molecular weight is 565 g/mol. The van der Waals surface area contributed by atoms with Crippen molar-refractivity contribution in [2.75, 3.05) is 23.0 Å². The minimum atomic E-state index is 0.420. The van der Waals surface area contributed by atoms with Crippen molar-refractivity contribution in [1.82, 2.24) is 0 Å². The van der Waals surface area contributed by atoms with Gasteiger partial charge in [-0.05, 0) is 104 Å². The summed E-state index contributed by atoms with van der Waals surface area (Å²) < 4.78 is 8.33. The highest BCUT2D eigenvalue weighted by Gasteiger charge is 2.63. The van der Waals surface area contributed by atoms with E-state index in [1.54, 1.807) is 5.57 Å². The summed E-state index contributed by atoms with van der Waals surface area (Å²) >= 11 is 9.05. The van der Waals surface area contributed by atoms with E-state index in [1.807, 2.05) is 0 Å². The summed E-state index contributed by atoms with van der Waals surface area (Å²) in [6, 6.07) is 0. The Kier molecular flexibility index (Phi) is 6.83. The Morgan fingerprint density at radius 2 is 1.72 bits per heavy atom. The number of allylic oxidation sites excluding steroid dienone is 1. The van der Waals surface area contributed by atoms with Crippen LogP contribution in [0.15, 0.2) is 11.3 Å². The molecule has 4 aliphatic carbocycles. The zero-order valence-electron chi connectivity index (χ0n) is 23.1. The second-order valence-corrected chi connectivity index (χ2v) is 20.1. The van der Waals surface area contributed by atoms with Crippen molar-refractivity contribution in [2.24, 2.45) is 46.3 Å². The molecule has 2 saturated heterocycles. The van der Waals surface area contributed by atoms with Gasteiger partial charge in [0.05, 0.1) is 14.4 Å². The SMILES string of the molecule is CC(CCC1OC2=C(C1C)C1(C)CCC3C(CCC4CC5(CCC43C)SCCS5)C1C2)C1SCCS1. The fourth-order valence-electron chi connectivity index (χ4n) is 10.5. The first kappa shape index (κ1) is 25.9. The third-order valence-corrected chi connectivity index (χ3v) is 19.6. The summed E-state index contributed by atoms with van der Waals surface area (Å²) in [4.78, 5) is 0. The molecule has 3 heterocycles. The Labute approximate surface area is 238 Å². The first-order valence-electron chi connectivity index (χ1n) is 15.2. The molecule has 9 atom stereocenters. The lowest BCUT2D eigenvalue weighted by Crippen LogP contribution is -2.54. The van der Waals surface area contributed by atoms with Crippen molar-refractivity contribution in [1.29, 1.82) is 0 Å². The molecule has 1 spiro atoms. The number of hydrogen-bond donors (Lipinski definition) is 0. The fraction of sp³-hybridized carbons (Fsp3) is 0.935. The Balaban J connectivity index is 1.03. The third kappa shape index (κ3) is 3.95. The maximum absolute atomic E-state index is 6.90. The lowest BCUT2D eigenvalue weighted by atomic mass is 9.44. The van der Waals surface area contributed by atoms with E-state index in [4.69, 9.17) is 4.74 Å².